The molecule has 0 aliphatic carbocycles. The monoisotopic (exact) mass is 160 g/mol. The van der Waals surface area contributed by atoms with Gasteiger partial charge in [0.2, 0.25) is 0 Å². The van der Waals surface area contributed by atoms with E-state index in [4.69, 9.17) is 4.74 Å². The number of aromatic amines is 1. The molecule has 0 aliphatic heterocycles. The van der Waals surface area contributed by atoms with Crippen molar-refractivity contribution in [1.29, 1.82) is 0 Å². The van der Waals surface area contributed by atoms with E-state index in [1.54, 1.807) is 7.11 Å². The number of H-pyrrole nitrogens is 1. The number of aromatic nitrogens is 1. The van der Waals surface area contributed by atoms with Gasteiger partial charge >= 0.3 is 0 Å². The molecule has 0 unspecified atom stereocenters. The van der Waals surface area contributed by atoms with Crippen LogP contribution in [0.4, 0.5) is 0 Å². The molecular formula is C10H10NO. The predicted octanol–water partition coefficient (Wildman–Crippen LogP) is 2.29. The van der Waals surface area contributed by atoms with Gasteiger partial charge in [0.05, 0.1) is 13.3 Å². The van der Waals surface area contributed by atoms with Gasteiger partial charge in [-0.2, -0.15) is 0 Å². The van der Waals surface area contributed by atoms with Gasteiger partial charge in [-0.1, -0.05) is 0 Å². The zero-order valence-corrected chi connectivity index (χ0v) is 7.14. The number of nitrogens with one attached hydrogen (secondary N) is 1. The molecule has 12 heavy (non-hydrogen) atoms. The fourth-order valence-corrected chi connectivity index (χ4v) is 1.30. The maximum atomic E-state index is 5.12. The first-order valence-corrected chi connectivity index (χ1v) is 3.85. The lowest BCUT2D eigenvalue weighted by molar-refractivity contribution is 0.415. The molecule has 2 rings (SSSR count). The number of benzene rings is 1. The molecule has 0 spiro atoms. The van der Waals surface area contributed by atoms with Crippen LogP contribution in [0.1, 0.15) is 5.56 Å². The highest BCUT2D eigenvalue weighted by atomic mass is 16.5. The lowest BCUT2D eigenvalue weighted by Crippen LogP contribution is -1.81. The first-order valence-electron chi connectivity index (χ1n) is 3.85. The fourth-order valence-electron chi connectivity index (χ4n) is 1.30. The highest BCUT2D eigenvalue weighted by Gasteiger charge is 2.00. The molecule has 1 N–H and O–H groups in total. The molecule has 0 aliphatic rings. The Kier molecular flexibility index (Phi) is 1.54. The van der Waals surface area contributed by atoms with E-state index in [9.17, 15) is 0 Å². The number of hydrogen-bond donors (Lipinski definition) is 1. The topological polar surface area (TPSA) is 25.0 Å². The number of rotatable bonds is 1. The molecule has 1 aromatic carbocycles. The lowest BCUT2D eigenvalue weighted by atomic mass is 10.2. The van der Waals surface area contributed by atoms with E-state index in [-0.39, 0.29) is 0 Å². The molecule has 1 radical (unpaired) electrons. The quantitative estimate of drug-likeness (QED) is 0.680. The van der Waals surface area contributed by atoms with Crippen LogP contribution in [0.5, 0.6) is 5.75 Å². The summed E-state index contributed by atoms with van der Waals surface area (Å²) in [6.45, 7) is 2.03. The molecule has 0 bridgehead atoms. The zero-order valence-electron chi connectivity index (χ0n) is 7.14. The lowest BCUT2D eigenvalue weighted by Gasteiger charge is -1.98. The normalized spacial score (nSPS) is 10.5. The maximum Gasteiger partial charge on any atom is 0.119 e. The Hall–Kier alpha value is -1.44. The average molecular weight is 160 g/mol. The van der Waals surface area contributed by atoms with Crippen LogP contribution in [0.2, 0.25) is 0 Å². The minimum Gasteiger partial charge on any atom is -0.497 e. The minimum atomic E-state index is 0.888. The van der Waals surface area contributed by atoms with Gasteiger partial charge in [0.15, 0.2) is 0 Å². The molecule has 0 saturated heterocycles. The highest BCUT2D eigenvalue weighted by molar-refractivity contribution is 5.84. The van der Waals surface area contributed by atoms with Crippen LogP contribution in [0.25, 0.3) is 10.9 Å². The third-order valence-electron chi connectivity index (χ3n) is 2.02. The predicted molar refractivity (Wildman–Crippen MR) is 48.4 cm³/mol. The fraction of sp³-hybridized carbons (Fsp3) is 0.200. The van der Waals surface area contributed by atoms with Crippen LogP contribution in [0.3, 0.4) is 0 Å². The molecule has 1 aromatic heterocycles. The second kappa shape index (κ2) is 2.55. The molecule has 1 heterocycles. The Labute approximate surface area is 71.2 Å². The average Bonchev–Trinajstić information content (AvgIpc) is 2.47. The molecular weight excluding hydrogens is 150 g/mol. The van der Waals surface area contributed by atoms with Gasteiger partial charge in [0.1, 0.15) is 5.75 Å². The zero-order chi connectivity index (χ0) is 8.55. The van der Waals surface area contributed by atoms with E-state index in [2.05, 4.69) is 11.2 Å². The van der Waals surface area contributed by atoms with Crippen LogP contribution in [0.15, 0.2) is 18.2 Å². The third-order valence-corrected chi connectivity index (χ3v) is 2.02. The number of aryl methyl sites for hydroxylation is 1. The first kappa shape index (κ1) is 7.22. The van der Waals surface area contributed by atoms with Gasteiger partial charge in [0.25, 0.3) is 0 Å². The maximum absolute atomic E-state index is 5.12. The van der Waals surface area contributed by atoms with Gasteiger partial charge in [-0.25, -0.2) is 0 Å². The van der Waals surface area contributed by atoms with Gasteiger partial charge in [-0.3, -0.25) is 0 Å². The Morgan fingerprint density at radius 3 is 3.00 bits per heavy atom. The molecule has 0 saturated carbocycles. The molecule has 2 nitrogen and oxygen atoms in total. The summed E-state index contributed by atoms with van der Waals surface area (Å²) in [5.74, 6) is 0.888. The number of ether oxygens (including phenoxy) is 1. The van der Waals surface area contributed by atoms with E-state index < -0.39 is 0 Å². The largest absolute Gasteiger partial charge is 0.497 e. The second-order valence-corrected chi connectivity index (χ2v) is 2.79. The summed E-state index contributed by atoms with van der Waals surface area (Å²) in [5, 5.41) is 1.18. The smallest absolute Gasteiger partial charge is 0.119 e. The highest BCUT2D eigenvalue weighted by Crippen LogP contribution is 2.22. The van der Waals surface area contributed by atoms with Crippen molar-refractivity contribution in [2.45, 2.75) is 6.92 Å². The van der Waals surface area contributed by atoms with Crippen molar-refractivity contribution in [3.05, 3.63) is 30.0 Å². The number of hydrogen-bond acceptors (Lipinski definition) is 1. The van der Waals surface area contributed by atoms with Crippen LogP contribution in [-0.2, 0) is 0 Å². The minimum absolute atomic E-state index is 0.888. The summed E-state index contributed by atoms with van der Waals surface area (Å²) >= 11 is 0. The number of fused-ring (bicyclic) bond motifs is 1. The Bertz CT molecular complexity index is 403. The summed E-state index contributed by atoms with van der Waals surface area (Å²) in [5.41, 5.74) is 2.23. The summed E-state index contributed by atoms with van der Waals surface area (Å²) < 4.78 is 5.12. The van der Waals surface area contributed by atoms with E-state index in [1.165, 1.54) is 5.39 Å². The Morgan fingerprint density at radius 1 is 1.42 bits per heavy atom. The summed E-state index contributed by atoms with van der Waals surface area (Å²) in [6.07, 6.45) is 3.05. The summed E-state index contributed by atoms with van der Waals surface area (Å²) in [6, 6.07) is 5.95. The molecule has 0 fully saturated rings. The van der Waals surface area contributed by atoms with Gasteiger partial charge in [0, 0.05) is 10.9 Å². The van der Waals surface area contributed by atoms with E-state index in [1.807, 2.05) is 25.1 Å². The van der Waals surface area contributed by atoms with Crippen molar-refractivity contribution >= 4 is 10.9 Å². The van der Waals surface area contributed by atoms with Gasteiger partial charge in [-0.15, -0.1) is 0 Å². The first-order chi connectivity index (χ1) is 5.81. The van der Waals surface area contributed by atoms with Crippen LogP contribution >= 0.6 is 0 Å². The van der Waals surface area contributed by atoms with Crippen LogP contribution in [0, 0.1) is 13.1 Å². The molecule has 0 amide bonds. The van der Waals surface area contributed by atoms with Crippen molar-refractivity contribution in [1.82, 2.24) is 4.98 Å². The van der Waals surface area contributed by atoms with Crippen molar-refractivity contribution in [3.8, 4) is 5.75 Å². The van der Waals surface area contributed by atoms with Crippen LogP contribution < -0.4 is 4.74 Å². The Balaban J connectivity index is 2.71. The van der Waals surface area contributed by atoms with Gasteiger partial charge in [-0.05, 0) is 30.7 Å². The molecule has 61 valence electrons. The number of methoxy groups -OCH3 is 1. The van der Waals surface area contributed by atoms with Crippen molar-refractivity contribution in [3.63, 3.8) is 0 Å². The molecule has 2 heteroatoms. The summed E-state index contributed by atoms with van der Waals surface area (Å²) in [7, 11) is 1.67. The van der Waals surface area contributed by atoms with Crippen molar-refractivity contribution < 1.29 is 4.74 Å². The van der Waals surface area contributed by atoms with E-state index in [0.29, 0.717) is 0 Å². The third kappa shape index (κ3) is 0.961. The van der Waals surface area contributed by atoms with Crippen molar-refractivity contribution in [2.75, 3.05) is 7.11 Å². The van der Waals surface area contributed by atoms with Crippen LogP contribution in [-0.4, -0.2) is 12.1 Å². The van der Waals surface area contributed by atoms with Crippen molar-refractivity contribution in [2.24, 2.45) is 0 Å². The van der Waals surface area contributed by atoms with Gasteiger partial charge < -0.3 is 9.72 Å². The van der Waals surface area contributed by atoms with E-state index >= 15 is 0 Å². The molecule has 0 atom stereocenters. The molecule has 2 aromatic rings. The summed E-state index contributed by atoms with van der Waals surface area (Å²) in [4.78, 5) is 3.06. The Morgan fingerprint density at radius 2 is 2.25 bits per heavy atom. The standard InChI is InChI=1S/C10H10NO/c1-7-6-11-10-4-3-8(12-2)5-9(7)10/h3-5,11H,1-2H3. The SMILES string of the molecule is COc1ccc2[nH][c]c(C)c2c1. The van der Waals surface area contributed by atoms with E-state index in [0.717, 1.165) is 16.8 Å². The second-order valence-electron chi connectivity index (χ2n) is 2.79.